The van der Waals surface area contributed by atoms with Crippen molar-refractivity contribution in [3.63, 3.8) is 0 Å². The summed E-state index contributed by atoms with van der Waals surface area (Å²) in [6, 6.07) is 0. The third-order valence-electron chi connectivity index (χ3n) is 1.43. The third kappa shape index (κ3) is 3.83. The third-order valence-corrected chi connectivity index (χ3v) is 1.43. The molecule has 0 atom stereocenters. The van der Waals surface area contributed by atoms with Crippen molar-refractivity contribution in [3.8, 4) is 0 Å². The predicted octanol–water partition coefficient (Wildman–Crippen LogP) is 3.38. The Kier molecular flexibility index (Phi) is 6.79. The average molecular weight is 182 g/mol. The van der Waals surface area contributed by atoms with Gasteiger partial charge in [0.05, 0.1) is 0 Å². The topological polar surface area (TPSA) is 18.5 Å². The summed E-state index contributed by atoms with van der Waals surface area (Å²) in [5, 5.41) is 0. The lowest BCUT2D eigenvalue weighted by atomic mass is 10.3. The summed E-state index contributed by atoms with van der Waals surface area (Å²) in [5.41, 5.74) is 0. The van der Waals surface area contributed by atoms with Crippen molar-refractivity contribution in [1.29, 1.82) is 0 Å². The molecule has 0 N–H and O–H groups in total. The molecule has 0 bridgehead atoms. The van der Waals surface area contributed by atoms with E-state index in [9.17, 15) is 0 Å². The molecule has 1 rings (SSSR count). The van der Waals surface area contributed by atoms with Crippen LogP contribution < -0.4 is 0 Å². The van der Waals surface area contributed by atoms with Crippen LogP contribution in [0.1, 0.15) is 27.2 Å². The van der Waals surface area contributed by atoms with Gasteiger partial charge >= 0.3 is 0 Å². The highest BCUT2D eigenvalue weighted by Gasteiger charge is 2.11. The first-order chi connectivity index (χ1) is 6.38. The Balaban J connectivity index is 0.000000671. The van der Waals surface area contributed by atoms with Gasteiger partial charge in [0.25, 0.3) is 0 Å². The Morgan fingerprint density at radius 1 is 1.38 bits per heavy atom. The molecule has 2 nitrogen and oxygen atoms in total. The number of hydrogen-bond acceptors (Lipinski definition) is 2. The van der Waals surface area contributed by atoms with E-state index in [1.54, 1.807) is 6.08 Å². The Bertz CT molecular complexity index is 202. The summed E-state index contributed by atoms with van der Waals surface area (Å²) in [4.78, 5) is 0. The van der Waals surface area contributed by atoms with Crippen LogP contribution in [0.25, 0.3) is 0 Å². The SMILES string of the molecule is C=C/C=C\C1=C(CC)OCO1.CC. The molecule has 0 fully saturated rings. The molecule has 0 radical (unpaired) electrons. The van der Waals surface area contributed by atoms with Gasteiger partial charge in [-0.1, -0.05) is 39.5 Å². The van der Waals surface area contributed by atoms with E-state index < -0.39 is 0 Å². The van der Waals surface area contributed by atoms with Gasteiger partial charge in [0, 0.05) is 6.42 Å². The van der Waals surface area contributed by atoms with Crippen LogP contribution in [-0.2, 0) is 9.47 Å². The van der Waals surface area contributed by atoms with Crippen molar-refractivity contribution < 1.29 is 9.47 Å². The van der Waals surface area contributed by atoms with Crippen molar-refractivity contribution in [1.82, 2.24) is 0 Å². The van der Waals surface area contributed by atoms with Crippen molar-refractivity contribution in [2.75, 3.05) is 6.79 Å². The fraction of sp³-hybridized carbons (Fsp3) is 0.455. The zero-order valence-corrected chi connectivity index (χ0v) is 8.67. The second kappa shape index (κ2) is 7.47. The monoisotopic (exact) mass is 182 g/mol. The maximum Gasteiger partial charge on any atom is 0.230 e. The van der Waals surface area contributed by atoms with Gasteiger partial charge in [-0.05, 0) is 6.08 Å². The smallest absolute Gasteiger partial charge is 0.230 e. The lowest BCUT2D eigenvalue weighted by Crippen LogP contribution is -1.81. The van der Waals surface area contributed by atoms with E-state index in [2.05, 4.69) is 6.58 Å². The van der Waals surface area contributed by atoms with Gasteiger partial charge in [0.15, 0.2) is 5.76 Å². The molecule has 0 unspecified atom stereocenters. The largest absolute Gasteiger partial charge is 0.458 e. The van der Waals surface area contributed by atoms with E-state index >= 15 is 0 Å². The quantitative estimate of drug-likeness (QED) is 0.623. The highest BCUT2D eigenvalue weighted by Crippen LogP contribution is 2.19. The fourth-order valence-electron chi connectivity index (χ4n) is 0.888. The Morgan fingerprint density at radius 3 is 2.62 bits per heavy atom. The van der Waals surface area contributed by atoms with E-state index in [1.807, 2.05) is 32.9 Å². The zero-order valence-electron chi connectivity index (χ0n) is 8.67. The van der Waals surface area contributed by atoms with Crippen LogP contribution >= 0.6 is 0 Å². The van der Waals surface area contributed by atoms with Crippen molar-refractivity contribution in [3.05, 3.63) is 36.3 Å². The summed E-state index contributed by atoms with van der Waals surface area (Å²) in [6.45, 7) is 9.95. The van der Waals surface area contributed by atoms with Crippen LogP contribution in [0.3, 0.4) is 0 Å². The molecule has 74 valence electrons. The van der Waals surface area contributed by atoms with Gasteiger partial charge in [-0.25, -0.2) is 0 Å². The van der Waals surface area contributed by atoms with Crippen molar-refractivity contribution in [2.24, 2.45) is 0 Å². The fourth-order valence-corrected chi connectivity index (χ4v) is 0.888. The molecule has 0 aromatic heterocycles. The maximum absolute atomic E-state index is 5.18. The Hall–Kier alpha value is -1.18. The molecule has 0 amide bonds. The molecular weight excluding hydrogens is 164 g/mol. The Labute approximate surface area is 80.5 Å². The molecule has 2 heteroatoms. The van der Waals surface area contributed by atoms with Gasteiger partial charge in [0.2, 0.25) is 6.79 Å². The highest BCUT2D eigenvalue weighted by atomic mass is 16.7. The highest BCUT2D eigenvalue weighted by molar-refractivity contribution is 5.20. The summed E-state index contributed by atoms with van der Waals surface area (Å²) >= 11 is 0. The summed E-state index contributed by atoms with van der Waals surface area (Å²) in [6.07, 6.45) is 6.28. The van der Waals surface area contributed by atoms with E-state index in [4.69, 9.17) is 9.47 Å². The average Bonchev–Trinajstić information content (AvgIpc) is 2.65. The van der Waals surface area contributed by atoms with Crippen LogP contribution in [0, 0.1) is 0 Å². The molecule has 1 aliphatic heterocycles. The first-order valence-corrected chi connectivity index (χ1v) is 4.66. The van der Waals surface area contributed by atoms with Crippen LogP contribution in [0.4, 0.5) is 0 Å². The van der Waals surface area contributed by atoms with Crippen LogP contribution in [-0.4, -0.2) is 6.79 Å². The zero-order chi connectivity index (χ0) is 10.1. The molecule has 0 aliphatic carbocycles. The number of ether oxygens (including phenoxy) is 2. The minimum Gasteiger partial charge on any atom is -0.458 e. The lowest BCUT2D eigenvalue weighted by molar-refractivity contribution is 0.0726. The number of hydrogen-bond donors (Lipinski definition) is 0. The molecule has 1 aliphatic rings. The van der Waals surface area contributed by atoms with Crippen molar-refractivity contribution >= 4 is 0 Å². The normalized spacial score (nSPS) is 14.7. The van der Waals surface area contributed by atoms with Crippen LogP contribution in [0.15, 0.2) is 36.3 Å². The van der Waals surface area contributed by atoms with Crippen LogP contribution in [0.2, 0.25) is 0 Å². The first-order valence-electron chi connectivity index (χ1n) is 4.66. The summed E-state index contributed by atoms with van der Waals surface area (Å²) in [7, 11) is 0. The maximum atomic E-state index is 5.18. The lowest BCUT2D eigenvalue weighted by Gasteiger charge is -1.93. The molecule has 0 saturated heterocycles. The summed E-state index contributed by atoms with van der Waals surface area (Å²) in [5.74, 6) is 1.75. The van der Waals surface area contributed by atoms with Gasteiger partial charge in [-0.2, -0.15) is 0 Å². The first kappa shape index (κ1) is 11.8. The van der Waals surface area contributed by atoms with E-state index in [0.717, 1.165) is 17.9 Å². The van der Waals surface area contributed by atoms with Gasteiger partial charge in [-0.15, -0.1) is 0 Å². The molecule has 0 spiro atoms. The van der Waals surface area contributed by atoms with Crippen LogP contribution in [0.5, 0.6) is 0 Å². The van der Waals surface area contributed by atoms with Crippen molar-refractivity contribution in [2.45, 2.75) is 27.2 Å². The van der Waals surface area contributed by atoms with Gasteiger partial charge in [0.1, 0.15) is 5.76 Å². The molecule has 13 heavy (non-hydrogen) atoms. The predicted molar refractivity (Wildman–Crippen MR) is 55.0 cm³/mol. The van der Waals surface area contributed by atoms with Gasteiger partial charge < -0.3 is 9.47 Å². The minimum absolute atomic E-state index is 0.347. The molecule has 0 aromatic rings. The molecule has 0 aromatic carbocycles. The standard InChI is InChI=1S/C9H12O2.C2H6/c1-3-5-6-9-8(4-2)10-7-11-9;1-2/h3,5-6H,1,4,7H2,2H3;1-2H3/b6-5-;. The molecule has 1 heterocycles. The molecule has 0 saturated carbocycles. The van der Waals surface area contributed by atoms with E-state index in [1.165, 1.54) is 0 Å². The summed E-state index contributed by atoms with van der Waals surface area (Å²) < 4.78 is 10.4. The van der Waals surface area contributed by atoms with E-state index in [-0.39, 0.29) is 0 Å². The second-order valence-corrected chi connectivity index (χ2v) is 2.14. The number of rotatable bonds is 3. The molecular formula is C11H18O2. The van der Waals surface area contributed by atoms with Gasteiger partial charge in [-0.3, -0.25) is 0 Å². The second-order valence-electron chi connectivity index (χ2n) is 2.14. The Morgan fingerprint density at radius 2 is 2.08 bits per heavy atom. The van der Waals surface area contributed by atoms with E-state index in [0.29, 0.717) is 6.79 Å². The minimum atomic E-state index is 0.347. The number of allylic oxidation sites excluding steroid dienone is 4.